The van der Waals surface area contributed by atoms with Gasteiger partial charge in [0, 0.05) is 12.1 Å². The van der Waals surface area contributed by atoms with Crippen LogP contribution in [0.3, 0.4) is 0 Å². The van der Waals surface area contributed by atoms with Crippen molar-refractivity contribution >= 4 is 0 Å². The summed E-state index contributed by atoms with van der Waals surface area (Å²) in [6.45, 7) is 3.11. The molecule has 1 heterocycles. The van der Waals surface area contributed by atoms with Crippen molar-refractivity contribution in [3.8, 4) is 0 Å². The molecule has 0 atom stereocenters. The van der Waals surface area contributed by atoms with Gasteiger partial charge in [-0.3, -0.25) is 0 Å². The van der Waals surface area contributed by atoms with Crippen molar-refractivity contribution in [3.05, 3.63) is 0 Å². The molecule has 2 aliphatic carbocycles. The lowest BCUT2D eigenvalue weighted by Gasteiger charge is -2.39. The molecule has 0 bridgehead atoms. The fourth-order valence-corrected chi connectivity index (χ4v) is 3.71. The van der Waals surface area contributed by atoms with E-state index in [-0.39, 0.29) is 0 Å². The standard InChI is InChI=1S/C13H25N.C4H8O2/c1-14(12-8-4-2-5-9-12)13-10-6-3-7-11-13;1-2-6-4-3-5-1/h12-13H,2-11H2,1H3;1-4H2. The van der Waals surface area contributed by atoms with Crippen molar-refractivity contribution in [2.45, 2.75) is 76.3 Å². The quantitative estimate of drug-likeness (QED) is 0.772. The van der Waals surface area contributed by atoms with Gasteiger partial charge in [-0.1, -0.05) is 38.5 Å². The molecule has 0 spiro atoms. The Morgan fingerprint density at radius 2 is 0.950 bits per heavy atom. The second-order valence-corrected chi connectivity index (χ2v) is 6.47. The summed E-state index contributed by atoms with van der Waals surface area (Å²) in [5.74, 6) is 0. The first kappa shape index (κ1) is 16.3. The molecule has 3 rings (SSSR count). The minimum atomic E-state index is 0.778. The Bertz CT molecular complexity index is 202. The van der Waals surface area contributed by atoms with E-state index in [1.165, 1.54) is 64.2 Å². The van der Waals surface area contributed by atoms with E-state index in [0.29, 0.717) is 0 Å². The van der Waals surface area contributed by atoms with Gasteiger partial charge in [0.2, 0.25) is 0 Å². The van der Waals surface area contributed by atoms with Crippen molar-refractivity contribution in [2.75, 3.05) is 33.5 Å². The summed E-state index contributed by atoms with van der Waals surface area (Å²) < 4.78 is 9.89. The Morgan fingerprint density at radius 3 is 1.25 bits per heavy atom. The molecule has 0 aromatic heterocycles. The number of rotatable bonds is 2. The molecule has 0 N–H and O–H groups in total. The molecule has 2 saturated carbocycles. The molecular formula is C17H33NO2. The van der Waals surface area contributed by atoms with Crippen LogP contribution < -0.4 is 0 Å². The van der Waals surface area contributed by atoms with Crippen LogP contribution in [0.25, 0.3) is 0 Å². The maximum atomic E-state index is 4.94. The number of hydrogen-bond acceptors (Lipinski definition) is 3. The Balaban J connectivity index is 0.000000205. The first-order valence-corrected chi connectivity index (χ1v) is 8.75. The molecule has 3 fully saturated rings. The van der Waals surface area contributed by atoms with Crippen LogP contribution >= 0.6 is 0 Å². The normalized spacial score (nSPS) is 26.1. The van der Waals surface area contributed by atoms with E-state index in [1.54, 1.807) is 0 Å². The molecule has 3 nitrogen and oxygen atoms in total. The van der Waals surface area contributed by atoms with Gasteiger partial charge in [0.15, 0.2) is 0 Å². The highest BCUT2D eigenvalue weighted by Gasteiger charge is 2.25. The monoisotopic (exact) mass is 283 g/mol. The Hall–Kier alpha value is -0.120. The number of hydrogen-bond donors (Lipinski definition) is 0. The second-order valence-electron chi connectivity index (χ2n) is 6.47. The molecule has 118 valence electrons. The summed E-state index contributed by atoms with van der Waals surface area (Å²) in [6, 6.07) is 1.85. The van der Waals surface area contributed by atoms with Crippen LogP contribution in [0.1, 0.15) is 64.2 Å². The van der Waals surface area contributed by atoms with Gasteiger partial charge >= 0.3 is 0 Å². The summed E-state index contributed by atoms with van der Waals surface area (Å²) in [4.78, 5) is 2.72. The highest BCUT2D eigenvalue weighted by atomic mass is 16.6. The average Bonchev–Trinajstić information content (AvgIpc) is 2.58. The zero-order valence-corrected chi connectivity index (χ0v) is 13.3. The second kappa shape index (κ2) is 9.75. The fraction of sp³-hybridized carbons (Fsp3) is 1.00. The van der Waals surface area contributed by atoms with Gasteiger partial charge in [-0.2, -0.15) is 0 Å². The van der Waals surface area contributed by atoms with Crippen molar-refractivity contribution < 1.29 is 9.47 Å². The van der Waals surface area contributed by atoms with E-state index in [2.05, 4.69) is 11.9 Å². The molecule has 0 radical (unpaired) electrons. The van der Waals surface area contributed by atoms with Gasteiger partial charge in [-0.25, -0.2) is 0 Å². The summed E-state index contributed by atoms with van der Waals surface area (Å²) in [5.41, 5.74) is 0. The van der Waals surface area contributed by atoms with E-state index >= 15 is 0 Å². The fourth-order valence-electron chi connectivity index (χ4n) is 3.71. The molecule has 0 amide bonds. The van der Waals surface area contributed by atoms with Crippen LogP contribution in [0.4, 0.5) is 0 Å². The molecule has 1 saturated heterocycles. The SMILES string of the molecule is C1COCCO1.CN(C1CCCCC1)C1CCCCC1. The van der Waals surface area contributed by atoms with Crippen LogP contribution in [-0.4, -0.2) is 50.5 Å². The van der Waals surface area contributed by atoms with E-state index in [0.717, 1.165) is 38.5 Å². The van der Waals surface area contributed by atoms with E-state index < -0.39 is 0 Å². The molecule has 0 aromatic rings. The van der Waals surface area contributed by atoms with Gasteiger partial charge in [0.25, 0.3) is 0 Å². The third kappa shape index (κ3) is 5.71. The van der Waals surface area contributed by atoms with Crippen molar-refractivity contribution in [2.24, 2.45) is 0 Å². The van der Waals surface area contributed by atoms with E-state index in [1.807, 2.05) is 0 Å². The third-order valence-corrected chi connectivity index (χ3v) is 5.05. The lowest BCUT2D eigenvalue weighted by Crippen LogP contribution is -2.42. The maximum Gasteiger partial charge on any atom is 0.0701 e. The van der Waals surface area contributed by atoms with Gasteiger partial charge < -0.3 is 14.4 Å². The molecule has 20 heavy (non-hydrogen) atoms. The zero-order valence-electron chi connectivity index (χ0n) is 13.3. The Labute approximate surface area is 125 Å². The predicted octanol–water partition coefficient (Wildman–Crippen LogP) is 3.62. The minimum Gasteiger partial charge on any atom is -0.377 e. The predicted molar refractivity (Wildman–Crippen MR) is 83.1 cm³/mol. The zero-order chi connectivity index (χ0) is 14.0. The lowest BCUT2D eigenvalue weighted by molar-refractivity contribution is -0.0334. The lowest BCUT2D eigenvalue weighted by atomic mass is 9.89. The topological polar surface area (TPSA) is 21.7 Å². The largest absolute Gasteiger partial charge is 0.377 e. The van der Waals surface area contributed by atoms with E-state index in [4.69, 9.17) is 9.47 Å². The molecule has 0 aromatic carbocycles. The van der Waals surface area contributed by atoms with E-state index in [9.17, 15) is 0 Å². The van der Waals surface area contributed by atoms with Crippen LogP contribution in [0.2, 0.25) is 0 Å². The summed E-state index contributed by atoms with van der Waals surface area (Å²) >= 11 is 0. The third-order valence-electron chi connectivity index (χ3n) is 5.05. The van der Waals surface area contributed by atoms with Crippen molar-refractivity contribution in [1.29, 1.82) is 0 Å². The van der Waals surface area contributed by atoms with Crippen molar-refractivity contribution in [3.63, 3.8) is 0 Å². The van der Waals surface area contributed by atoms with Crippen LogP contribution in [0.5, 0.6) is 0 Å². The summed E-state index contributed by atoms with van der Waals surface area (Å²) in [7, 11) is 2.38. The molecule has 3 heteroatoms. The molecule has 0 unspecified atom stereocenters. The van der Waals surface area contributed by atoms with Crippen molar-refractivity contribution in [1.82, 2.24) is 4.90 Å². The van der Waals surface area contributed by atoms with Gasteiger partial charge in [-0.05, 0) is 32.7 Å². The summed E-state index contributed by atoms with van der Waals surface area (Å²) in [6.07, 6.45) is 14.7. The maximum absolute atomic E-state index is 4.94. The first-order valence-electron chi connectivity index (χ1n) is 8.75. The van der Waals surface area contributed by atoms with Gasteiger partial charge in [0.1, 0.15) is 0 Å². The van der Waals surface area contributed by atoms with Crippen LogP contribution in [-0.2, 0) is 9.47 Å². The Kier molecular flexibility index (Phi) is 7.92. The van der Waals surface area contributed by atoms with Crippen LogP contribution in [0, 0.1) is 0 Å². The highest BCUT2D eigenvalue weighted by molar-refractivity contribution is 4.81. The Morgan fingerprint density at radius 1 is 0.600 bits per heavy atom. The molecule has 3 aliphatic rings. The summed E-state index contributed by atoms with van der Waals surface area (Å²) in [5, 5.41) is 0. The average molecular weight is 283 g/mol. The minimum absolute atomic E-state index is 0.778. The number of ether oxygens (including phenoxy) is 2. The molecule has 1 aliphatic heterocycles. The van der Waals surface area contributed by atoms with Gasteiger partial charge in [-0.15, -0.1) is 0 Å². The smallest absolute Gasteiger partial charge is 0.0701 e. The van der Waals surface area contributed by atoms with Crippen LogP contribution in [0.15, 0.2) is 0 Å². The first-order chi connectivity index (χ1) is 9.88. The highest BCUT2D eigenvalue weighted by Crippen LogP contribution is 2.28. The van der Waals surface area contributed by atoms with Gasteiger partial charge in [0.05, 0.1) is 26.4 Å². The number of nitrogens with zero attached hydrogens (tertiary/aromatic N) is 1. The molecular weight excluding hydrogens is 250 g/mol.